The monoisotopic (exact) mass is 240 g/mol. The van der Waals surface area contributed by atoms with E-state index in [0.717, 1.165) is 18.4 Å². The van der Waals surface area contributed by atoms with Crippen LogP contribution in [-0.2, 0) is 11.2 Å². The van der Waals surface area contributed by atoms with Crippen molar-refractivity contribution >= 4 is 17.6 Å². The van der Waals surface area contributed by atoms with Gasteiger partial charge in [0.2, 0.25) is 0 Å². The summed E-state index contributed by atoms with van der Waals surface area (Å²) in [6, 6.07) is 5.36. The van der Waals surface area contributed by atoms with Gasteiger partial charge in [0.15, 0.2) is 0 Å². The second-order valence-electron chi connectivity index (χ2n) is 4.18. The summed E-state index contributed by atoms with van der Waals surface area (Å²) < 4.78 is 5.20. The first-order valence-corrected chi connectivity index (χ1v) is 5.52. The number of carboxylic acid groups (broad SMARTS) is 1. The maximum absolute atomic E-state index is 11.1. The number of halogens is 1. The van der Waals surface area contributed by atoms with Crippen LogP contribution in [0.5, 0.6) is 5.75 Å². The van der Waals surface area contributed by atoms with Gasteiger partial charge in [-0.1, -0.05) is 17.7 Å². The minimum atomic E-state index is -0.741. The number of hydrogen-bond acceptors (Lipinski definition) is 2. The Labute approximate surface area is 99.0 Å². The van der Waals surface area contributed by atoms with Gasteiger partial charge in [-0.2, -0.15) is 0 Å². The molecule has 0 spiro atoms. The summed E-state index contributed by atoms with van der Waals surface area (Å²) in [7, 11) is 1.56. The van der Waals surface area contributed by atoms with Gasteiger partial charge in [0.25, 0.3) is 0 Å². The van der Waals surface area contributed by atoms with Crippen molar-refractivity contribution < 1.29 is 14.6 Å². The van der Waals surface area contributed by atoms with Crippen LogP contribution in [-0.4, -0.2) is 18.2 Å². The van der Waals surface area contributed by atoms with Gasteiger partial charge in [0.05, 0.1) is 12.5 Å². The Morgan fingerprint density at radius 2 is 2.25 bits per heavy atom. The van der Waals surface area contributed by atoms with Crippen LogP contribution in [0.1, 0.15) is 18.4 Å². The molecule has 1 aliphatic carbocycles. The average Bonchev–Trinajstić information content (AvgIpc) is 3.02. The number of aliphatic carboxylic acids is 1. The Bertz CT molecular complexity index is 424. The summed E-state index contributed by atoms with van der Waals surface area (Å²) in [5, 5.41) is 9.71. The molecule has 4 heteroatoms. The number of carbonyl (C=O) groups is 1. The number of benzene rings is 1. The first kappa shape index (κ1) is 11.3. The number of carboxylic acids is 1. The summed E-state index contributed by atoms with van der Waals surface area (Å²) in [4.78, 5) is 11.1. The fraction of sp³-hybridized carbons (Fsp3) is 0.417. The van der Waals surface area contributed by atoms with Crippen LogP contribution < -0.4 is 4.74 Å². The molecule has 3 nitrogen and oxygen atoms in total. The average molecular weight is 241 g/mol. The predicted molar refractivity (Wildman–Crippen MR) is 61.0 cm³/mol. The van der Waals surface area contributed by atoms with E-state index >= 15 is 0 Å². The molecule has 0 unspecified atom stereocenters. The summed E-state index contributed by atoms with van der Waals surface area (Å²) >= 11 is 6.07. The van der Waals surface area contributed by atoms with E-state index < -0.39 is 11.4 Å². The number of rotatable bonds is 4. The zero-order valence-electron chi connectivity index (χ0n) is 9.00. The summed E-state index contributed by atoms with van der Waals surface area (Å²) in [5.74, 6) is -0.0745. The Morgan fingerprint density at radius 1 is 1.56 bits per heavy atom. The molecular formula is C12H13ClO3. The van der Waals surface area contributed by atoms with Gasteiger partial charge in [-0.3, -0.25) is 4.79 Å². The fourth-order valence-electron chi connectivity index (χ4n) is 1.86. The lowest BCUT2D eigenvalue weighted by atomic mass is 9.96. The zero-order chi connectivity index (χ0) is 11.8. The van der Waals surface area contributed by atoms with Gasteiger partial charge in [0.1, 0.15) is 5.75 Å². The van der Waals surface area contributed by atoms with Gasteiger partial charge in [-0.15, -0.1) is 0 Å². The van der Waals surface area contributed by atoms with E-state index in [2.05, 4.69) is 0 Å². The highest BCUT2D eigenvalue weighted by Gasteiger charge is 2.50. The van der Waals surface area contributed by atoms with Crippen LogP contribution >= 0.6 is 11.6 Å². The van der Waals surface area contributed by atoms with Crippen molar-refractivity contribution in [3.63, 3.8) is 0 Å². The van der Waals surface area contributed by atoms with Crippen molar-refractivity contribution in [3.05, 3.63) is 28.8 Å². The molecule has 16 heavy (non-hydrogen) atoms. The zero-order valence-corrected chi connectivity index (χ0v) is 9.75. The highest BCUT2D eigenvalue weighted by Crippen LogP contribution is 2.50. The normalized spacial score (nSPS) is 16.9. The van der Waals surface area contributed by atoms with Gasteiger partial charge < -0.3 is 9.84 Å². The Kier molecular flexibility index (Phi) is 2.80. The van der Waals surface area contributed by atoms with Crippen LogP contribution in [0, 0.1) is 5.41 Å². The molecule has 0 aliphatic heterocycles. The Morgan fingerprint density at radius 3 is 2.75 bits per heavy atom. The molecule has 2 rings (SSSR count). The molecule has 0 amide bonds. The lowest BCUT2D eigenvalue weighted by molar-refractivity contribution is -0.143. The van der Waals surface area contributed by atoms with Crippen molar-refractivity contribution in [2.45, 2.75) is 19.3 Å². The number of ether oxygens (including phenoxy) is 1. The molecular weight excluding hydrogens is 228 g/mol. The van der Waals surface area contributed by atoms with Gasteiger partial charge in [-0.25, -0.2) is 0 Å². The van der Waals surface area contributed by atoms with Crippen molar-refractivity contribution in [3.8, 4) is 5.75 Å². The molecule has 1 N–H and O–H groups in total. The minimum Gasteiger partial charge on any atom is -0.496 e. The van der Waals surface area contributed by atoms with Crippen molar-refractivity contribution in [2.24, 2.45) is 5.41 Å². The third kappa shape index (κ3) is 1.87. The van der Waals surface area contributed by atoms with Crippen LogP contribution in [0.2, 0.25) is 5.02 Å². The quantitative estimate of drug-likeness (QED) is 0.880. The highest BCUT2D eigenvalue weighted by atomic mass is 35.5. The molecule has 86 valence electrons. The minimum absolute atomic E-state index is 0.450. The van der Waals surface area contributed by atoms with Crippen LogP contribution in [0.3, 0.4) is 0 Å². The molecule has 0 heterocycles. The lowest BCUT2D eigenvalue weighted by Crippen LogP contribution is -2.18. The van der Waals surface area contributed by atoms with E-state index in [0.29, 0.717) is 17.2 Å². The fourth-order valence-corrected chi connectivity index (χ4v) is 2.09. The second kappa shape index (κ2) is 3.98. The molecule has 0 aromatic heterocycles. The Balaban J connectivity index is 2.31. The van der Waals surface area contributed by atoms with E-state index in [1.807, 2.05) is 0 Å². The van der Waals surface area contributed by atoms with Crippen LogP contribution in [0.15, 0.2) is 18.2 Å². The van der Waals surface area contributed by atoms with Crippen molar-refractivity contribution in [1.29, 1.82) is 0 Å². The molecule has 1 aliphatic rings. The first-order valence-electron chi connectivity index (χ1n) is 5.14. The van der Waals surface area contributed by atoms with Crippen molar-refractivity contribution in [1.82, 2.24) is 0 Å². The topological polar surface area (TPSA) is 46.5 Å². The third-order valence-electron chi connectivity index (χ3n) is 3.12. The largest absolute Gasteiger partial charge is 0.496 e. The maximum atomic E-state index is 11.1. The van der Waals surface area contributed by atoms with Gasteiger partial charge in [0, 0.05) is 10.6 Å². The number of methoxy groups -OCH3 is 1. The van der Waals surface area contributed by atoms with E-state index in [-0.39, 0.29) is 0 Å². The SMILES string of the molecule is COc1cccc(Cl)c1CC1(C(=O)O)CC1. The van der Waals surface area contributed by atoms with Gasteiger partial charge in [-0.05, 0) is 31.4 Å². The predicted octanol–water partition coefficient (Wildman–Crippen LogP) is 2.76. The van der Waals surface area contributed by atoms with Crippen LogP contribution in [0.4, 0.5) is 0 Å². The lowest BCUT2D eigenvalue weighted by Gasteiger charge is -2.14. The molecule has 1 aromatic rings. The summed E-state index contributed by atoms with van der Waals surface area (Å²) in [6.45, 7) is 0. The van der Waals surface area contributed by atoms with Crippen molar-refractivity contribution in [2.75, 3.05) is 7.11 Å². The Hall–Kier alpha value is -1.22. The van der Waals surface area contributed by atoms with Crippen LogP contribution in [0.25, 0.3) is 0 Å². The third-order valence-corrected chi connectivity index (χ3v) is 3.47. The van der Waals surface area contributed by atoms with E-state index in [1.54, 1.807) is 25.3 Å². The summed E-state index contributed by atoms with van der Waals surface area (Å²) in [5.41, 5.74) is 0.185. The number of hydrogen-bond donors (Lipinski definition) is 1. The molecule has 1 aromatic carbocycles. The van der Waals surface area contributed by atoms with Gasteiger partial charge >= 0.3 is 5.97 Å². The smallest absolute Gasteiger partial charge is 0.309 e. The molecule has 0 radical (unpaired) electrons. The first-order chi connectivity index (χ1) is 7.59. The second-order valence-corrected chi connectivity index (χ2v) is 4.59. The standard InChI is InChI=1S/C12H13ClO3/c1-16-10-4-2-3-9(13)8(10)7-12(5-6-12)11(14)15/h2-4H,5-7H2,1H3,(H,14,15). The molecule has 0 atom stereocenters. The van der Waals surface area contributed by atoms with E-state index in [1.165, 1.54) is 0 Å². The summed E-state index contributed by atoms with van der Waals surface area (Å²) in [6.07, 6.45) is 1.89. The van der Waals surface area contributed by atoms with E-state index in [4.69, 9.17) is 21.4 Å². The molecule has 0 bridgehead atoms. The molecule has 1 fully saturated rings. The maximum Gasteiger partial charge on any atom is 0.309 e. The molecule has 1 saturated carbocycles. The molecule has 0 saturated heterocycles. The highest BCUT2D eigenvalue weighted by molar-refractivity contribution is 6.31. The van der Waals surface area contributed by atoms with E-state index in [9.17, 15) is 4.79 Å².